The van der Waals surface area contributed by atoms with E-state index in [2.05, 4.69) is 22.1 Å². The number of aromatic amines is 1. The standard InChI is InChI=1S/C16H14N2O2/c19-16(20)4-2-13-10-18-15-3-1-12(9-14(13)15)11-5-7-17-8-6-11/h1,3,5-10,18H,2,4H2,(H,19,20). The van der Waals surface area contributed by atoms with Crippen LogP contribution in [0.3, 0.4) is 0 Å². The number of pyridine rings is 1. The summed E-state index contributed by atoms with van der Waals surface area (Å²) in [6.45, 7) is 0. The lowest BCUT2D eigenvalue weighted by Gasteiger charge is -2.03. The Balaban J connectivity index is 2.01. The summed E-state index contributed by atoms with van der Waals surface area (Å²) in [6, 6.07) is 10.1. The van der Waals surface area contributed by atoms with E-state index in [1.807, 2.05) is 24.4 Å². The first-order valence-corrected chi connectivity index (χ1v) is 6.46. The zero-order valence-corrected chi connectivity index (χ0v) is 10.8. The van der Waals surface area contributed by atoms with Crippen LogP contribution < -0.4 is 0 Å². The van der Waals surface area contributed by atoms with Crippen molar-refractivity contribution in [3.05, 3.63) is 54.5 Å². The summed E-state index contributed by atoms with van der Waals surface area (Å²) in [5.41, 5.74) is 4.28. The largest absolute Gasteiger partial charge is 0.481 e. The number of rotatable bonds is 4. The Morgan fingerprint density at radius 1 is 1.15 bits per heavy atom. The molecule has 0 saturated heterocycles. The Kier molecular flexibility index (Phi) is 3.21. The van der Waals surface area contributed by atoms with E-state index in [0.29, 0.717) is 6.42 Å². The minimum atomic E-state index is -0.773. The molecule has 0 atom stereocenters. The van der Waals surface area contributed by atoms with Crippen molar-refractivity contribution in [2.75, 3.05) is 0 Å². The summed E-state index contributed by atoms with van der Waals surface area (Å²) in [6.07, 6.45) is 6.11. The Bertz CT molecular complexity index is 748. The second kappa shape index (κ2) is 5.17. The number of nitrogens with zero attached hydrogens (tertiary/aromatic N) is 1. The van der Waals surface area contributed by atoms with E-state index in [0.717, 1.165) is 27.6 Å². The maximum atomic E-state index is 10.7. The normalized spacial score (nSPS) is 10.8. The van der Waals surface area contributed by atoms with Crippen LogP contribution >= 0.6 is 0 Å². The molecule has 0 radical (unpaired) electrons. The van der Waals surface area contributed by atoms with Crippen LogP contribution in [-0.4, -0.2) is 21.0 Å². The quantitative estimate of drug-likeness (QED) is 0.761. The van der Waals surface area contributed by atoms with Crippen LogP contribution in [0.25, 0.3) is 22.0 Å². The van der Waals surface area contributed by atoms with Crippen LogP contribution in [0, 0.1) is 0 Å². The molecule has 3 aromatic rings. The fourth-order valence-corrected chi connectivity index (χ4v) is 2.35. The lowest BCUT2D eigenvalue weighted by atomic mass is 10.0. The molecule has 0 aliphatic heterocycles. The Hall–Kier alpha value is -2.62. The molecule has 4 heteroatoms. The number of carboxylic acids is 1. The molecular weight excluding hydrogens is 252 g/mol. The molecule has 4 nitrogen and oxygen atoms in total. The van der Waals surface area contributed by atoms with Crippen molar-refractivity contribution < 1.29 is 9.90 Å². The molecule has 2 aromatic heterocycles. The van der Waals surface area contributed by atoms with E-state index < -0.39 is 5.97 Å². The fraction of sp³-hybridized carbons (Fsp3) is 0.125. The van der Waals surface area contributed by atoms with Gasteiger partial charge in [0.15, 0.2) is 0 Å². The van der Waals surface area contributed by atoms with E-state index in [4.69, 9.17) is 5.11 Å². The first-order valence-electron chi connectivity index (χ1n) is 6.46. The van der Waals surface area contributed by atoms with Crippen molar-refractivity contribution >= 4 is 16.9 Å². The van der Waals surface area contributed by atoms with Crippen LogP contribution in [0.2, 0.25) is 0 Å². The Labute approximate surface area is 116 Å². The second-order valence-corrected chi connectivity index (χ2v) is 4.70. The number of benzene rings is 1. The van der Waals surface area contributed by atoms with Gasteiger partial charge in [-0.3, -0.25) is 9.78 Å². The maximum Gasteiger partial charge on any atom is 0.303 e. The molecule has 0 aliphatic rings. The second-order valence-electron chi connectivity index (χ2n) is 4.70. The third-order valence-corrected chi connectivity index (χ3v) is 3.39. The van der Waals surface area contributed by atoms with Gasteiger partial charge in [0.1, 0.15) is 0 Å². The molecule has 100 valence electrons. The molecule has 0 fully saturated rings. The number of aryl methyl sites for hydroxylation is 1. The molecule has 1 aromatic carbocycles. The van der Waals surface area contributed by atoms with Crippen molar-refractivity contribution in [3.63, 3.8) is 0 Å². The van der Waals surface area contributed by atoms with Gasteiger partial charge in [-0.1, -0.05) is 6.07 Å². The van der Waals surface area contributed by atoms with E-state index in [9.17, 15) is 4.79 Å². The van der Waals surface area contributed by atoms with Gasteiger partial charge in [-0.15, -0.1) is 0 Å². The first-order chi connectivity index (χ1) is 9.74. The van der Waals surface area contributed by atoms with Crippen LogP contribution in [0.5, 0.6) is 0 Å². The number of carbonyl (C=O) groups is 1. The molecule has 0 bridgehead atoms. The van der Waals surface area contributed by atoms with E-state index in [-0.39, 0.29) is 6.42 Å². The van der Waals surface area contributed by atoms with Gasteiger partial charge in [-0.05, 0) is 47.4 Å². The smallest absolute Gasteiger partial charge is 0.303 e. The van der Waals surface area contributed by atoms with E-state index >= 15 is 0 Å². The zero-order valence-electron chi connectivity index (χ0n) is 10.8. The number of nitrogens with one attached hydrogen (secondary N) is 1. The van der Waals surface area contributed by atoms with Gasteiger partial charge in [0.05, 0.1) is 0 Å². The van der Waals surface area contributed by atoms with Gasteiger partial charge in [-0.2, -0.15) is 0 Å². The average Bonchev–Trinajstić information content (AvgIpc) is 2.88. The van der Waals surface area contributed by atoms with Crippen LogP contribution in [0.15, 0.2) is 48.9 Å². The van der Waals surface area contributed by atoms with Crippen molar-refractivity contribution in [1.29, 1.82) is 0 Å². The third kappa shape index (κ3) is 2.40. The van der Waals surface area contributed by atoms with Gasteiger partial charge in [0.25, 0.3) is 0 Å². The molecule has 20 heavy (non-hydrogen) atoms. The minimum absolute atomic E-state index is 0.145. The predicted octanol–water partition coefficient (Wildman–Crippen LogP) is 3.25. The van der Waals surface area contributed by atoms with Crippen LogP contribution in [-0.2, 0) is 11.2 Å². The molecule has 0 unspecified atom stereocenters. The highest BCUT2D eigenvalue weighted by Crippen LogP contribution is 2.26. The third-order valence-electron chi connectivity index (χ3n) is 3.39. The van der Waals surface area contributed by atoms with E-state index in [1.165, 1.54) is 0 Å². The molecular formula is C16H14N2O2. The highest BCUT2D eigenvalue weighted by molar-refractivity contribution is 5.88. The summed E-state index contributed by atoms with van der Waals surface area (Å²) in [4.78, 5) is 17.9. The maximum absolute atomic E-state index is 10.7. The number of H-pyrrole nitrogens is 1. The van der Waals surface area contributed by atoms with Crippen molar-refractivity contribution in [3.8, 4) is 11.1 Å². The number of aromatic nitrogens is 2. The molecule has 0 aliphatic carbocycles. The van der Waals surface area contributed by atoms with Crippen molar-refractivity contribution in [1.82, 2.24) is 9.97 Å². The predicted molar refractivity (Wildman–Crippen MR) is 77.5 cm³/mol. The van der Waals surface area contributed by atoms with Gasteiger partial charge < -0.3 is 10.1 Å². The van der Waals surface area contributed by atoms with Crippen LogP contribution in [0.1, 0.15) is 12.0 Å². The van der Waals surface area contributed by atoms with Gasteiger partial charge >= 0.3 is 5.97 Å². The zero-order chi connectivity index (χ0) is 13.9. The molecule has 0 amide bonds. The number of aliphatic carboxylic acids is 1. The van der Waals surface area contributed by atoms with Crippen LogP contribution in [0.4, 0.5) is 0 Å². The van der Waals surface area contributed by atoms with Crippen molar-refractivity contribution in [2.45, 2.75) is 12.8 Å². The Morgan fingerprint density at radius 2 is 1.95 bits per heavy atom. The molecule has 0 spiro atoms. The topological polar surface area (TPSA) is 66.0 Å². The molecule has 2 N–H and O–H groups in total. The lowest BCUT2D eigenvalue weighted by molar-refractivity contribution is -0.136. The van der Waals surface area contributed by atoms with Gasteiger partial charge in [0, 0.05) is 35.9 Å². The molecule has 2 heterocycles. The van der Waals surface area contributed by atoms with E-state index in [1.54, 1.807) is 12.4 Å². The molecule has 0 saturated carbocycles. The summed E-state index contributed by atoms with van der Waals surface area (Å²) in [7, 11) is 0. The summed E-state index contributed by atoms with van der Waals surface area (Å²) in [5, 5.41) is 9.88. The SMILES string of the molecule is O=C(O)CCc1c[nH]c2ccc(-c3ccncc3)cc12. The number of fused-ring (bicyclic) bond motifs is 1. The summed E-state index contributed by atoms with van der Waals surface area (Å²) in [5.74, 6) is -0.773. The fourth-order valence-electron chi connectivity index (χ4n) is 2.35. The Morgan fingerprint density at radius 3 is 2.70 bits per heavy atom. The average molecular weight is 266 g/mol. The summed E-state index contributed by atoms with van der Waals surface area (Å²) < 4.78 is 0. The lowest BCUT2D eigenvalue weighted by Crippen LogP contribution is -1.96. The first kappa shape index (κ1) is 12.4. The number of hydrogen-bond acceptors (Lipinski definition) is 2. The number of hydrogen-bond donors (Lipinski definition) is 2. The summed E-state index contributed by atoms with van der Waals surface area (Å²) >= 11 is 0. The highest BCUT2D eigenvalue weighted by atomic mass is 16.4. The minimum Gasteiger partial charge on any atom is -0.481 e. The van der Waals surface area contributed by atoms with Crippen molar-refractivity contribution in [2.24, 2.45) is 0 Å². The van der Waals surface area contributed by atoms with Gasteiger partial charge in [-0.25, -0.2) is 0 Å². The van der Waals surface area contributed by atoms with Gasteiger partial charge in [0.2, 0.25) is 0 Å². The molecule has 3 rings (SSSR count). The number of carboxylic acid groups (broad SMARTS) is 1. The highest BCUT2D eigenvalue weighted by Gasteiger charge is 2.07. The monoisotopic (exact) mass is 266 g/mol.